The zero-order valence-electron chi connectivity index (χ0n) is 18.3. The summed E-state index contributed by atoms with van der Waals surface area (Å²) in [4.78, 5) is 27.3. The predicted molar refractivity (Wildman–Crippen MR) is 118 cm³/mol. The van der Waals surface area contributed by atoms with Crippen LogP contribution < -0.4 is 14.8 Å². The monoisotopic (exact) mass is 412 g/mol. The Morgan fingerprint density at radius 1 is 1.00 bits per heavy atom. The summed E-state index contributed by atoms with van der Waals surface area (Å²) in [6.07, 6.45) is 1.48. The first-order valence-corrected chi connectivity index (χ1v) is 10.4. The van der Waals surface area contributed by atoms with E-state index in [0.29, 0.717) is 24.5 Å². The third-order valence-corrected chi connectivity index (χ3v) is 5.07. The van der Waals surface area contributed by atoms with Crippen LogP contribution in [0.1, 0.15) is 32.8 Å². The second kappa shape index (κ2) is 11.9. The molecule has 2 aromatic carbocycles. The van der Waals surface area contributed by atoms with E-state index in [2.05, 4.69) is 5.32 Å². The number of nitrogens with zero attached hydrogens (tertiary/aromatic N) is 1. The number of hydrogen-bond donors (Lipinski definition) is 1. The van der Waals surface area contributed by atoms with Crippen molar-refractivity contribution in [2.75, 3.05) is 20.3 Å². The lowest BCUT2D eigenvalue weighted by molar-refractivity contribution is -0.141. The molecule has 0 aromatic heterocycles. The van der Waals surface area contributed by atoms with Crippen LogP contribution in [0, 0.1) is 0 Å². The lowest BCUT2D eigenvalue weighted by Crippen LogP contribution is -2.51. The molecule has 0 bridgehead atoms. The van der Waals surface area contributed by atoms with Gasteiger partial charge < -0.3 is 19.7 Å². The minimum atomic E-state index is -0.600. The van der Waals surface area contributed by atoms with Crippen LogP contribution in [-0.4, -0.2) is 49.1 Å². The molecule has 0 spiro atoms. The Bertz CT molecular complexity index is 810. The Kier molecular flexibility index (Phi) is 9.19. The normalized spacial score (nSPS) is 12.5. The average Bonchev–Trinajstić information content (AvgIpc) is 2.78. The van der Waals surface area contributed by atoms with Crippen LogP contribution in [0.15, 0.2) is 54.6 Å². The molecule has 0 saturated carbocycles. The third kappa shape index (κ3) is 6.79. The van der Waals surface area contributed by atoms with Crippen LogP contribution in [-0.2, 0) is 16.0 Å². The van der Waals surface area contributed by atoms with Gasteiger partial charge in [-0.1, -0.05) is 49.4 Å². The SMILES string of the molecule is CC[C@H](C)NC(=O)[C@H](C)N(CCc1ccccc1)C(=O)COc1ccccc1OC. The highest BCUT2D eigenvalue weighted by atomic mass is 16.5. The summed E-state index contributed by atoms with van der Waals surface area (Å²) in [5.74, 6) is 0.642. The van der Waals surface area contributed by atoms with Crippen LogP contribution in [0.3, 0.4) is 0 Å². The fourth-order valence-corrected chi connectivity index (χ4v) is 3.00. The van der Waals surface area contributed by atoms with Crippen LogP contribution in [0.2, 0.25) is 0 Å². The zero-order chi connectivity index (χ0) is 21.9. The smallest absolute Gasteiger partial charge is 0.261 e. The summed E-state index contributed by atoms with van der Waals surface area (Å²) in [5.41, 5.74) is 1.11. The maximum Gasteiger partial charge on any atom is 0.261 e. The number of rotatable bonds is 11. The number of benzene rings is 2. The molecule has 0 fully saturated rings. The zero-order valence-corrected chi connectivity index (χ0v) is 18.3. The number of para-hydroxylation sites is 2. The lowest BCUT2D eigenvalue weighted by atomic mass is 10.1. The van der Waals surface area contributed by atoms with Crippen LogP contribution in [0.25, 0.3) is 0 Å². The van der Waals surface area contributed by atoms with Crippen LogP contribution in [0.5, 0.6) is 11.5 Å². The molecule has 1 N–H and O–H groups in total. The van der Waals surface area contributed by atoms with Crippen molar-refractivity contribution in [3.63, 3.8) is 0 Å². The Morgan fingerprint density at radius 2 is 1.63 bits per heavy atom. The van der Waals surface area contributed by atoms with Crippen LogP contribution in [0.4, 0.5) is 0 Å². The van der Waals surface area contributed by atoms with Gasteiger partial charge in [-0.2, -0.15) is 0 Å². The number of ether oxygens (including phenoxy) is 2. The Hall–Kier alpha value is -3.02. The second-order valence-corrected chi connectivity index (χ2v) is 7.26. The highest BCUT2D eigenvalue weighted by molar-refractivity contribution is 5.88. The minimum absolute atomic E-state index is 0.0517. The Morgan fingerprint density at radius 3 is 2.27 bits per heavy atom. The van der Waals surface area contributed by atoms with Gasteiger partial charge in [-0.15, -0.1) is 0 Å². The van der Waals surface area contributed by atoms with Crippen molar-refractivity contribution in [1.29, 1.82) is 0 Å². The molecule has 0 aliphatic heterocycles. The van der Waals surface area contributed by atoms with Gasteiger partial charge >= 0.3 is 0 Å². The van der Waals surface area contributed by atoms with Gasteiger partial charge in [0.2, 0.25) is 5.91 Å². The Labute approximate surface area is 179 Å². The molecule has 6 nitrogen and oxygen atoms in total. The minimum Gasteiger partial charge on any atom is -0.493 e. The number of hydrogen-bond acceptors (Lipinski definition) is 4. The molecular weight excluding hydrogens is 380 g/mol. The van der Waals surface area contributed by atoms with Crippen molar-refractivity contribution in [1.82, 2.24) is 10.2 Å². The van der Waals surface area contributed by atoms with Gasteiger partial charge in [0.25, 0.3) is 5.91 Å². The Balaban J connectivity index is 2.09. The quantitative estimate of drug-likeness (QED) is 0.614. The number of carbonyl (C=O) groups is 2. The van der Waals surface area contributed by atoms with Crippen molar-refractivity contribution >= 4 is 11.8 Å². The number of nitrogens with one attached hydrogen (secondary N) is 1. The third-order valence-electron chi connectivity index (χ3n) is 5.07. The molecule has 162 valence electrons. The topological polar surface area (TPSA) is 67.9 Å². The molecule has 2 atom stereocenters. The molecule has 6 heteroatoms. The van der Waals surface area contributed by atoms with E-state index in [9.17, 15) is 9.59 Å². The molecule has 30 heavy (non-hydrogen) atoms. The summed E-state index contributed by atoms with van der Waals surface area (Å²) < 4.78 is 11.0. The molecular formula is C24H32N2O4. The number of methoxy groups -OCH3 is 1. The molecule has 2 rings (SSSR count). The van der Waals surface area contributed by atoms with Crippen molar-refractivity contribution < 1.29 is 19.1 Å². The van der Waals surface area contributed by atoms with Crippen LogP contribution >= 0.6 is 0 Å². The summed E-state index contributed by atoms with van der Waals surface area (Å²) >= 11 is 0. The molecule has 0 radical (unpaired) electrons. The predicted octanol–water partition coefficient (Wildman–Crippen LogP) is 3.45. The summed E-state index contributed by atoms with van der Waals surface area (Å²) in [5, 5.41) is 2.96. The fourth-order valence-electron chi connectivity index (χ4n) is 3.00. The fraction of sp³-hybridized carbons (Fsp3) is 0.417. The van der Waals surface area contributed by atoms with E-state index in [0.717, 1.165) is 12.0 Å². The highest BCUT2D eigenvalue weighted by Crippen LogP contribution is 2.25. The standard InChI is InChI=1S/C24H32N2O4/c1-5-18(2)25-24(28)19(3)26(16-15-20-11-7-6-8-12-20)23(27)17-30-22-14-10-9-13-21(22)29-4/h6-14,18-19H,5,15-17H2,1-4H3,(H,25,28)/t18-,19-/m0/s1. The van der Waals surface area contributed by atoms with E-state index >= 15 is 0 Å². The van der Waals surface area contributed by atoms with Crippen molar-refractivity contribution in [2.45, 2.75) is 45.7 Å². The maximum absolute atomic E-state index is 13.0. The van der Waals surface area contributed by atoms with Gasteiger partial charge in [-0.3, -0.25) is 9.59 Å². The highest BCUT2D eigenvalue weighted by Gasteiger charge is 2.27. The molecule has 2 amide bonds. The molecule has 0 aliphatic rings. The van der Waals surface area contributed by atoms with E-state index in [1.54, 1.807) is 31.1 Å². The first kappa shape index (κ1) is 23.3. The van der Waals surface area contributed by atoms with Crippen molar-refractivity contribution in [3.8, 4) is 11.5 Å². The number of amides is 2. The van der Waals surface area contributed by atoms with E-state index in [1.807, 2.05) is 56.3 Å². The van der Waals surface area contributed by atoms with Gasteiger partial charge in [-0.05, 0) is 44.4 Å². The maximum atomic E-state index is 13.0. The molecule has 0 heterocycles. The molecule has 2 aromatic rings. The van der Waals surface area contributed by atoms with Crippen molar-refractivity contribution in [2.24, 2.45) is 0 Å². The van der Waals surface area contributed by atoms with Gasteiger partial charge in [-0.25, -0.2) is 0 Å². The van der Waals surface area contributed by atoms with Crippen molar-refractivity contribution in [3.05, 3.63) is 60.2 Å². The van der Waals surface area contributed by atoms with E-state index in [4.69, 9.17) is 9.47 Å². The number of carbonyl (C=O) groups excluding carboxylic acids is 2. The van der Waals surface area contributed by atoms with Gasteiger partial charge in [0.1, 0.15) is 6.04 Å². The lowest BCUT2D eigenvalue weighted by Gasteiger charge is -2.29. The van der Waals surface area contributed by atoms with E-state index in [1.165, 1.54) is 0 Å². The first-order chi connectivity index (χ1) is 14.5. The van der Waals surface area contributed by atoms with Gasteiger partial charge in [0.15, 0.2) is 18.1 Å². The van der Waals surface area contributed by atoms with Gasteiger partial charge in [0.05, 0.1) is 7.11 Å². The van der Waals surface area contributed by atoms with E-state index < -0.39 is 6.04 Å². The largest absolute Gasteiger partial charge is 0.493 e. The molecule has 0 aliphatic carbocycles. The summed E-state index contributed by atoms with van der Waals surface area (Å²) in [6, 6.07) is 16.5. The first-order valence-electron chi connectivity index (χ1n) is 10.4. The average molecular weight is 413 g/mol. The molecule has 0 unspecified atom stereocenters. The van der Waals surface area contributed by atoms with E-state index in [-0.39, 0.29) is 24.5 Å². The van der Waals surface area contributed by atoms with Gasteiger partial charge in [0, 0.05) is 12.6 Å². The summed E-state index contributed by atoms with van der Waals surface area (Å²) in [7, 11) is 1.55. The second-order valence-electron chi connectivity index (χ2n) is 7.26. The molecule has 0 saturated heterocycles. The summed E-state index contributed by atoms with van der Waals surface area (Å²) in [6.45, 7) is 5.97.